The predicted molar refractivity (Wildman–Crippen MR) is 90.0 cm³/mol. The van der Waals surface area contributed by atoms with E-state index >= 15 is 0 Å². The van der Waals surface area contributed by atoms with Gasteiger partial charge in [-0.05, 0) is 31.2 Å². The van der Waals surface area contributed by atoms with Gasteiger partial charge >= 0.3 is 0 Å². The molecule has 0 radical (unpaired) electrons. The highest BCUT2D eigenvalue weighted by atomic mass is 32.2. The minimum Gasteiger partial charge on any atom is -0.492 e. The quantitative estimate of drug-likeness (QED) is 0.923. The van der Waals surface area contributed by atoms with Gasteiger partial charge in [-0.3, -0.25) is 0 Å². The molecule has 0 spiro atoms. The normalized spacial score (nSPS) is 20.7. The molecular weight excluding hydrogens is 278 g/mol. The molecule has 2 nitrogen and oxygen atoms in total. The van der Waals surface area contributed by atoms with E-state index in [4.69, 9.17) is 4.74 Å². The van der Waals surface area contributed by atoms with Crippen molar-refractivity contribution < 1.29 is 4.74 Å². The highest BCUT2D eigenvalue weighted by Gasteiger charge is 2.29. The van der Waals surface area contributed by atoms with Crippen molar-refractivity contribution in [3.8, 4) is 5.75 Å². The molecule has 1 aliphatic heterocycles. The van der Waals surface area contributed by atoms with Crippen LogP contribution in [-0.4, -0.2) is 18.9 Å². The highest BCUT2D eigenvalue weighted by Crippen LogP contribution is 2.38. The molecule has 0 aliphatic carbocycles. The summed E-state index contributed by atoms with van der Waals surface area (Å²) in [7, 11) is 2.04. The number of para-hydroxylation sites is 1. The third-order valence-electron chi connectivity index (χ3n) is 4.05. The Morgan fingerprint density at radius 2 is 1.90 bits per heavy atom. The number of aryl methyl sites for hydroxylation is 1. The molecule has 1 aliphatic rings. The fourth-order valence-electron chi connectivity index (χ4n) is 2.79. The fourth-order valence-corrected chi connectivity index (χ4v) is 4.15. The average molecular weight is 299 g/mol. The Morgan fingerprint density at radius 1 is 1.14 bits per heavy atom. The largest absolute Gasteiger partial charge is 0.492 e. The third kappa shape index (κ3) is 3.09. The Hall–Kier alpha value is -1.45. The molecule has 2 aromatic carbocycles. The van der Waals surface area contributed by atoms with Crippen LogP contribution in [0.3, 0.4) is 0 Å². The summed E-state index contributed by atoms with van der Waals surface area (Å²) in [5.74, 6) is 2.05. The molecule has 0 fully saturated rings. The summed E-state index contributed by atoms with van der Waals surface area (Å²) in [6.45, 7) is 2.94. The number of benzene rings is 2. The number of hydrogen-bond donors (Lipinski definition) is 1. The Balaban J connectivity index is 1.73. The summed E-state index contributed by atoms with van der Waals surface area (Å²) in [5, 5.41) is 3.89. The van der Waals surface area contributed by atoms with Crippen molar-refractivity contribution in [3.05, 3.63) is 65.2 Å². The van der Waals surface area contributed by atoms with Gasteiger partial charge in [-0.25, -0.2) is 0 Å². The van der Waals surface area contributed by atoms with E-state index in [1.54, 1.807) is 0 Å². The van der Waals surface area contributed by atoms with Crippen LogP contribution in [0, 0.1) is 6.92 Å². The number of ether oxygens (including phenoxy) is 1. The fraction of sp³-hybridized carbons (Fsp3) is 0.333. The van der Waals surface area contributed by atoms with E-state index in [2.05, 4.69) is 54.7 Å². The van der Waals surface area contributed by atoms with E-state index in [1.165, 1.54) is 16.7 Å². The maximum atomic E-state index is 5.93. The summed E-state index contributed by atoms with van der Waals surface area (Å²) in [4.78, 5) is 0. The Bertz CT molecular complexity index is 614. The maximum absolute atomic E-state index is 5.93. The first-order valence-electron chi connectivity index (χ1n) is 7.34. The molecule has 1 heterocycles. The average Bonchev–Trinajstić information content (AvgIpc) is 2.53. The van der Waals surface area contributed by atoms with Crippen molar-refractivity contribution in [3.63, 3.8) is 0 Å². The van der Waals surface area contributed by atoms with Gasteiger partial charge in [-0.2, -0.15) is 0 Å². The van der Waals surface area contributed by atoms with Gasteiger partial charge in [0.1, 0.15) is 12.4 Å². The van der Waals surface area contributed by atoms with Crippen molar-refractivity contribution in [1.29, 1.82) is 0 Å². The number of nitrogens with one attached hydrogen (secondary N) is 1. The highest BCUT2D eigenvalue weighted by molar-refractivity contribution is 7.99. The van der Waals surface area contributed by atoms with E-state index in [1.807, 2.05) is 24.9 Å². The Morgan fingerprint density at radius 3 is 2.71 bits per heavy atom. The predicted octanol–water partition coefficient (Wildman–Crippen LogP) is 3.95. The van der Waals surface area contributed by atoms with E-state index in [0.29, 0.717) is 11.3 Å². The molecular formula is C18H21NOS. The minimum atomic E-state index is 0.351. The number of fused-ring (bicyclic) bond motifs is 1. The standard InChI is InChI=1S/C18H21NOS/c1-13-7-3-4-8-14(13)12-21-17-11-20-16-10-6-5-9-15(16)18(17)19-2/h3-10,17-19H,11-12H2,1-2H3. The second-order valence-corrected chi connectivity index (χ2v) is 6.62. The van der Waals surface area contributed by atoms with Gasteiger partial charge < -0.3 is 10.1 Å². The SMILES string of the molecule is CNC1c2ccccc2OCC1SCc1ccccc1C. The van der Waals surface area contributed by atoms with Crippen LogP contribution in [0.25, 0.3) is 0 Å². The second-order valence-electron chi connectivity index (χ2n) is 5.39. The van der Waals surface area contributed by atoms with E-state index in [9.17, 15) is 0 Å². The lowest BCUT2D eigenvalue weighted by molar-refractivity contribution is 0.265. The maximum Gasteiger partial charge on any atom is 0.124 e. The van der Waals surface area contributed by atoms with Gasteiger partial charge in [0, 0.05) is 11.3 Å². The smallest absolute Gasteiger partial charge is 0.124 e. The molecule has 3 heteroatoms. The third-order valence-corrected chi connectivity index (χ3v) is 5.37. The summed E-state index contributed by atoms with van der Waals surface area (Å²) in [6, 6.07) is 17.3. The zero-order valence-corrected chi connectivity index (χ0v) is 13.3. The van der Waals surface area contributed by atoms with Gasteiger partial charge in [-0.15, -0.1) is 11.8 Å². The van der Waals surface area contributed by atoms with Crippen LogP contribution < -0.4 is 10.1 Å². The molecule has 0 aromatic heterocycles. The van der Waals surface area contributed by atoms with Crippen LogP contribution >= 0.6 is 11.8 Å². The lowest BCUT2D eigenvalue weighted by Crippen LogP contribution is -2.35. The minimum absolute atomic E-state index is 0.351. The summed E-state index contributed by atoms with van der Waals surface area (Å²) >= 11 is 1.97. The molecule has 110 valence electrons. The molecule has 3 rings (SSSR count). The summed E-state index contributed by atoms with van der Waals surface area (Å²) < 4.78 is 5.93. The van der Waals surface area contributed by atoms with Crippen molar-refractivity contribution in [1.82, 2.24) is 5.32 Å². The topological polar surface area (TPSA) is 21.3 Å². The van der Waals surface area contributed by atoms with Crippen LogP contribution in [0.15, 0.2) is 48.5 Å². The van der Waals surface area contributed by atoms with E-state index in [0.717, 1.165) is 18.1 Å². The summed E-state index contributed by atoms with van der Waals surface area (Å²) in [5.41, 5.74) is 4.05. The molecule has 1 N–H and O–H groups in total. The lowest BCUT2D eigenvalue weighted by Gasteiger charge is -2.33. The van der Waals surface area contributed by atoms with Crippen LogP contribution in [-0.2, 0) is 5.75 Å². The monoisotopic (exact) mass is 299 g/mol. The van der Waals surface area contributed by atoms with Crippen molar-refractivity contribution in [2.45, 2.75) is 24.0 Å². The van der Waals surface area contributed by atoms with Crippen molar-refractivity contribution >= 4 is 11.8 Å². The van der Waals surface area contributed by atoms with Gasteiger partial charge in [0.2, 0.25) is 0 Å². The first-order chi connectivity index (χ1) is 10.3. The molecule has 0 amide bonds. The second kappa shape index (κ2) is 6.54. The van der Waals surface area contributed by atoms with Crippen LogP contribution in [0.2, 0.25) is 0 Å². The van der Waals surface area contributed by atoms with E-state index < -0.39 is 0 Å². The van der Waals surface area contributed by atoms with Crippen molar-refractivity contribution in [2.24, 2.45) is 0 Å². The number of thioether (sulfide) groups is 1. The van der Waals surface area contributed by atoms with Crippen molar-refractivity contribution in [2.75, 3.05) is 13.7 Å². The van der Waals surface area contributed by atoms with Gasteiger partial charge in [0.15, 0.2) is 0 Å². The zero-order valence-electron chi connectivity index (χ0n) is 12.5. The van der Waals surface area contributed by atoms with Crippen LogP contribution in [0.5, 0.6) is 5.75 Å². The molecule has 0 bridgehead atoms. The number of rotatable bonds is 4. The molecule has 0 saturated heterocycles. The number of hydrogen-bond acceptors (Lipinski definition) is 3. The zero-order chi connectivity index (χ0) is 14.7. The molecule has 21 heavy (non-hydrogen) atoms. The molecule has 2 unspecified atom stereocenters. The van der Waals surface area contributed by atoms with Gasteiger partial charge in [0.05, 0.1) is 11.3 Å². The molecule has 2 atom stereocenters. The van der Waals surface area contributed by atoms with E-state index in [-0.39, 0.29) is 0 Å². The Labute approximate surface area is 130 Å². The van der Waals surface area contributed by atoms with Gasteiger partial charge in [0.25, 0.3) is 0 Å². The van der Waals surface area contributed by atoms with Crippen LogP contribution in [0.1, 0.15) is 22.7 Å². The first kappa shape index (κ1) is 14.5. The van der Waals surface area contributed by atoms with Gasteiger partial charge in [-0.1, -0.05) is 42.5 Å². The Kier molecular flexibility index (Phi) is 4.51. The van der Waals surface area contributed by atoms with Crippen LogP contribution in [0.4, 0.5) is 0 Å². The summed E-state index contributed by atoms with van der Waals surface area (Å²) in [6.07, 6.45) is 0. The molecule has 2 aromatic rings. The first-order valence-corrected chi connectivity index (χ1v) is 8.39. The molecule has 0 saturated carbocycles. The lowest BCUT2D eigenvalue weighted by atomic mass is 10.0.